The van der Waals surface area contributed by atoms with Crippen LogP contribution in [0.25, 0.3) is 0 Å². The predicted molar refractivity (Wildman–Crippen MR) is 46.0 cm³/mol. The molecule has 0 bridgehead atoms. The average Bonchev–Trinajstić information content (AvgIpc) is 2.63. The molecule has 2 saturated heterocycles. The van der Waals surface area contributed by atoms with Crippen molar-refractivity contribution >= 4 is 0 Å². The molecule has 2 fully saturated rings. The van der Waals surface area contributed by atoms with Gasteiger partial charge in [0.15, 0.2) is 0 Å². The summed E-state index contributed by atoms with van der Waals surface area (Å²) >= 11 is 0. The predicted octanol–water partition coefficient (Wildman–Crippen LogP) is 0.810. The highest BCUT2D eigenvalue weighted by atomic mass is 16.5. The second-order valence-corrected chi connectivity index (χ2v) is 3.49. The highest BCUT2D eigenvalue weighted by Gasteiger charge is 2.09. The van der Waals surface area contributed by atoms with E-state index in [0.717, 1.165) is 32.2 Å². The third-order valence-electron chi connectivity index (χ3n) is 2.06. The summed E-state index contributed by atoms with van der Waals surface area (Å²) in [4.78, 5) is 0. The topological polar surface area (TPSA) is 38.7 Å². The lowest BCUT2D eigenvalue weighted by atomic mass is 10.2. The van der Waals surface area contributed by atoms with Gasteiger partial charge in [-0.15, -0.1) is 0 Å². The molecule has 2 unspecified atom stereocenters. The van der Waals surface area contributed by atoms with Gasteiger partial charge in [0.1, 0.15) is 0 Å². The van der Waals surface area contributed by atoms with E-state index >= 15 is 0 Å². The zero-order chi connectivity index (χ0) is 8.81. The van der Waals surface area contributed by atoms with Gasteiger partial charge in [-0.05, 0) is 18.8 Å². The summed E-state index contributed by atoms with van der Waals surface area (Å²) in [5.41, 5.74) is 0. The van der Waals surface area contributed by atoms with Gasteiger partial charge in [-0.3, -0.25) is 0 Å². The van der Waals surface area contributed by atoms with Crippen molar-refractivity contribution in [3.8, 4) is 0 Å². The van der Waals surface area contributed by atoms with Crippen molar-refractivity contribution in [3.63, 3.8) is 0 Å². The van der Waals surface area contributed by atoms with Crippen LogP contribution in [0.2, 0.25) is 0 Å². The number of ether oxygens (including phenoxy) is 2. The Morgan fingerprint density at radius 2 is 1.75 bits per heavy atom. The number of rotatable bonds is 0. The van der Waals surface area contributed by atoms with Crippen molar-refractivity contribution in [2.75, 3.05) is 26.4 Å². The van der Waals surface area contributed by atoms with Crippen molar-refractivity contribution in [1.29, 1.82) is 0 Å². The summed E-state index contributed by atoms with van der Waals surface area (Å²) in [5.74, 6) is 0.824. The maximum Gasteiger partial charge on any atom is 0.0795 e. The number of aliphatic hydroxyl groups excluding tert-OH is 1. The van der Waals surface area contributed by atoms with E-state index in [-0.39, 0.29) is 6.10 Å². The molecule has 0 radical (unpaired) electrons. The molecule has 2 aliphatic rings. The van der Waals surface area contributed by atoms with Crippen LogP contribution in [0, 0.1) is 5.92 Å². The molecule has 0 saturated carbocycles. The van der Waals surface area contributed by atoms with Crippen LogP contribution in [0.4, 0.5) is 0 Å². The highest BCUT2D eigenvalue weighted by Crippen LogP contribution is 2.09. The molecule has 3 nitrogen and oxygen atoms in total. The van der Waals surface area contributed by atoms with Crippen LogP contribution < -0.4 is 0 Å². The molecule has 2 heterocycles. The molecule has 0 aromatic rings. The van der Waals surface area contributed by atoms with Crippen molar-refractivity contribution in [1.82, 2.24) is 0 Å². The fraction of sp³-hybridized carbons (Fsp3) is 1.00. The van der Waals surface area contributed by atoms with Gasteiger partial charge in [-0.2, -0.15) is 0 Å². The van der Waals surface area contributed by atoms with E-state index in [1.165, 1.54) is 6.42 Å². The molecule has 12 heavy (non-hydrogen) atoms. The molecule has 1 N–H and O–H groups in total. The van der Waals surface area contributed by atoms with Crippen molar-refractivity contribution in [2.45, 2.75) is 25.9 Å². The minimum absolute atomic E-state index is 0.176. The molecular formula is C9H18O3. The second kappa shape index (κ2) is 5.51. The van der Waals surface area contributed by atoms with Crippen molar-refractivity contribution in [3.05, 3.63) is 0 Å². The lowest BCUT2D eigenvalue weighted by Crippen LogP contribution is -2.02. The molecule has 2 aliphatic heterocycles. The molecule has 0 aliphatic carbocycles. The second-order valence-electron chi connectivity index (χ2n) is 3.49. The molecule has 72 valence electrons. The maximum absolute atomic E-state index is 8.60. The Hall–Kier alpha value is -0.120. The first-order valence-electron chi connectivity index (χ1n) is 4.62. The summed E-state index contributed by atoms with van der Waals surface area (Å²) in [7, 11) is 0. The summed E-state index contributed by atoms with van der Waals surface area (Å²) in [6, 6.07) is 0. The monoisotopic (exact) mass is 174 g/mol. The van der Waals surface area contributed by atoms with Gasteiger partial charge in [0, 0.05) is 19.8 Å². The quantitative estimate of drug-likeness (QED) is 0.590. The van der Waals surface area contributed by atoms with Crippen LogP contribution >= 0.6 is 0 Å². The van der Waals surface area contributed by atoms with Crippen molar-refractivity contribution in [2.24, 2.45) is 5.92 Å². The smallest absolute Gasteiger partial charge is 0.0795 e. The van der Waals surface area contributed by atoms with Crippen LogP contribution in [0.3, 0.4) is 0 Å². The van der Waals surface area contributed by atoms with E-state index in [1.807, 2.05) is 0 Å². The Balaban J connectivity index is 0.000000120. The minimum atomic E-state index is -0.176. The van der Waals surface area contributed by atoms with E-state index in [9.17, 15) is 0 Å². The first-order chi connectivity index (χ1) is 5.79. The molecule has 0 amide bonds. The number of aliphatic hydroxyl groups is 1. The van der Waals surface area contributed by atoms with Crippen LogP contribution in [0.5, 0.6) is 0 Å². The third kappa shape index (κ3) is 4.04. The maximum atomic E-state index is 8.60. The summed E-state index contributed by atoms with van der Waals surface area (Å²) in [6.45, 7) is 5.47. The zero-order valence-corrected chi connectivity index (χ0v) is 7.66. The van der Waals surface area contributed by atoms with E-state index < -0.39 is 0 Å². The van der Waals surface area contributed by atoms with Gasteiger partial charge in [-0.1, -0.05) is 6.92 Å². The summed E-state index contributed by atoms with van der Waals surface area (Å²) in [5, 5.41) is 8.60. The molecule has 2 rings (SSSR count). The minimum Gasteiger partial charge on any atom is -0.391 e. The number of hydrogen-bond acceptors (Lipinski definition) is 3. The Morgan fingerprint density at radius 1 is 1.08 bits per heavy atom. The Kier molecular flexibility index (Phi) is 4.58. The summed E-state index contributed by atoms with van der Waals surface area (Å²) in [6.07, 6.45) is 1.91. The third-order valence-corrected chi connectivity index (χ3v) is 2.06. The largest absolute Gasteiger partial charge is 0.391 e. The molecule has 0 aromatic heterocycles. The lowest BCUT2D eigenvalue weighted by Gasteiger charge is -1.89. The van der Waals surface area contributed by atoms with E-state index in [1.54, 1.807) is 0 Å². The summed E-state index contributed by atoms with van der Waals surface area (Å²) < 4.78 is 9.86. The SMILES string of the molecule is CC1CCOC1.OC1CCOC1. The van der Waals surface area contributed by atoms with Crippen molar-refractivity contribution < 1.29 is 14.6 Å². The molecule has 0 aromatic carbocycles. The van der Waals surface area contributed by atoms with E-state index in [4.69, 9.17) is 14.6 Å². The average molecular weight is 174 g/mol. The van der Waals surface area contributed by atoms with E-state index in [0.29, 0.717) is 6.61 Å². The number of hydrogen-bond donors (Lipinski definition) is 1. The molecule has 3 heteroatoms. The lowest BCUT2D eigenvalue weighted by molar-refractivity contribution is 0.127. The first-order valence-corrected chi connectivity index (χ1v) is 4.62. The fourth-order valence-electron chi connectivity index (χ4n) is 1.17. The van der Waals surface area contributed by atoms with Gasteiger partial charge in [-0.25, -0.2) is 0 Å². The highest BCUT2D eigenvalue weighted by molar-refractivity contribution is 4.58. The standard InChI is InChI=1S/C5H10O.C4H8O2/c1-5-2-3-6-4-5;5-4-1-2-6-3-4/h5H,2-4H2,1H3;4-5H,1-3H2. The Morgan fingerprint density at radius 3 is 1.92 bits per heavy atom. The van der Waals surface area contributed by atoms with Crippen LogP contribution in [0.1, 0.15) is 19.8 Å². The zero-order valence-electron chi connectivity index (χ0n) is 7.66. The normalized spacial score (nSPS) is 34.5. The van der Waals surface area contributed by atoms with Gasteiger partial charge >= 0.3 is 0 Å². The van der Waals surface area contributed by atoms with Crippen LogP contribution in [0.15, 0.2) is 0 Å². The van der Waals surface area contributed by atoms with Crippen LogP contribution in [-0.2, 0) is 9.47 Å². The fourth-order valence-corrected chi connectivity index (χ4v) is 1.17. The van der Waals surface area contributed by atoms with Gasteiger partial charge in [0.05, 0.1) is 12.7 Å². The first kappa shape index (κ1) is 9.96. The molecular weight excluding hydrogens is 156 g/mol. The van der Waals surface area contributed by atoms with Gasteiger partial charge in [0.2, 0.25) is 0 Å². The molecule has 0 spiro atoms. The Labute approximate surface area is 73.7 Å². The van der Waals surface area contributed by atoms with Gasteiger partial charge in [0.25, 0.3) is 0 Å². The van der Waals surface area contributed by atoms with Crippen LogP contribution in [-0.4, -0.2) is 37.6 Å². The molecule has 2 atom stereocenters. The van der Waals surface area contributed by atoms with E-state index in [2.05, 4.69) is 6.92 Å². The Bertz CT molecular complexity index is 90.3. The van der Waals surface area contributed by atoms with Gasteiger partial charge < -0.3 is 14.6 Å².